The van der Waals surface area contributed by atoms with Crippen LogP contribution in [-0.2, 0) is 4.79 Å². The van der Waals surface area contributed by atoms with E-state index in [-0.39, 0.29) is 24.2 Å². The van der Waals surface area contributed by atoms with Gasteiger partial charge in [0.2, 0.25) is 0 Å². The third-order valence-electron chi connectivity index (χ3n) is 3.05. The summed E-state index contributed by atoms with van der Waals surface area (Å²) in [6, 6.07) is 5.40. The van der Waals surface area contributed by atoms with Crippen LogP contribution in [0.3, 0.4) is 0 Å². The summed E-state index contributed by atoms with van der Waals surface area (Å²) in [5, 5.41) is 14.0. The Bertz CT molecular complexity index is 740. The molecular formula is C15H15F2N3O4. The molecule has 9 heteroatoms. The Balaban J connectivity index is 2.09. The van der Waals surface area contributed by atoms with Gasteiger partial charge in [-0.3, -0.25) is 9.78 Å². The van der Waals surface area contributed by atoms with Crippen molar-refractivity contribution >= 4 is 28.6 Å². The van der Waals surface area contributed by atoms with E-state index in [4.69, 9.17) is 5.11 Å². The largest absolute Gasteiger partial charge is 0.481 e. The number of anilines is 1. The number of halogens is 2. The van der Waals surface area contributed by atoms with Gasteiger partial charge in [-0.25, -0.2) is 4.79 Å². The van der Waals surface area contributed by atoms with Crippen LogP contribution in [0.1, 0.15) is 12.8 Å². The van der Waals surface area contributed by atoms with Gasteiger partial charge in [-0.05, 0) is 30.7 Å². The molecule has 3 N–H and O–H groups in total. The second-order valence-electron chi connectivity index (χ2n) is 4.77. The van der Waals surface area contributed by atoms with E-state index in [1.807, 2.05) is 0 Å². The number of pyridine rings is 1. The van der Waals surface area contributed by atoms with Gasteiger partial charge in [-0.2, -0.15) is 8.78 Å². The molecule has 0 saturated heterocycles. The maximum Gasteiger partial charge on any atom is 0.387 e. The smallest absolute Gasteiger partial charge is 0.387 e. The fraction of sp³-hybridized carbons (Fsp3) is 0.267. The number of carbonyl (C=O) groups excluding carboxylic acids is 1. The summed E-state index contributed by atoms with van der Waals surface area (Å²) in [5.74, 6) is -1.03. The van der Waals surface area contributed by atoms with Gasteiger partial charge in [0.25, 0.3) is 0 Å². The lowest BCUT2D eigenvalue weighted by Crippen LogP contribution is -2.29. The fourth-order valence-corrected chi connectivity index (χ4v) is 2.05. The number of hydrogen-bond acceptors (Lipinski definition) is 4. The van der Waals surface area contributed by atoms with E-state index in [0.29, 0.717) is 17.5 Å². The van der Waals surface area contributed by atoms with Gasteiger partial charge in [0.15, 0.2) is 5.75 Å². The van der Waals surface area contributed by atoms with Crippen molar-refractivity contribution < 1.29 is 28.2 Å². The predicted octanol–water partition coefficient (Wildman–Crippen LogP) is 2.82. The summed E-state index contributed by atoms with van der Waals surface area (Å²) in [6.45, 7) is -2.78. The zero-order chi connectivity index (χ0) is 17.5. The number of aromatic nitrogens is 1. The van der Waals surface area contributed by atoms with E-state index in [9.17, 15) is 18.4 Å². The lowest BCUT2D eigenvalue weighted by molar-refractivity contribution is -0.137. The Morgan fingerprint density at radius 2 is 2.08 bits per heavy atom. The molecule has 0 spiro atoms. The zero-order valence-corrected chi connectivity index (χ0v) is 12.5. The van der Waals surface area contributed by atoms with Crippen molar-refractivity contribution in [2.24, 2.45) is 0 Å². The van der Waals surface area contributed by atoms with E-state index in [1.165, 1.54) is 18.3 Å². The number of fused-ring (bicyclic) bond motifs is 1. The Morgan fingerprint density at radius 3 is 2.79 bits per heavy atom. The summed E-state index contributed by atoms with van der Waals surface area (Å²) in [5.41, 5.74) is 0.567. The van der Waals surface area contributed by atoms with Gasteiger partial charge in [0.05, 0.1) is 5.69 Å². The molecule has 1 aromatic carbocycles. The van der Waals surface area contributed by atoms with Gasteiger partial charge in [-0.15, -0.1) is 0 Å². The van der Waals surface area contributed by atoms with Crippen LogP contribution in [0.4, 0.5) is 19.3 Å². The van der Waals surface area contributed by atoms with E-state index < -0.39 is 18.6 Å². The summed E-state index contributed by atoms with van der Waals surface area (Å²) in [7, 11) is 0. The van der Waals surface area contributed by atoms with Crippen molar-refractivity contribution in [2.75, 3.05) is 11.9 Å². The highest BCUT2D eigenvalue weighted by atomic mass is 19.3. The Morgan fingerprint density at radius 1 is 1.29 bits per heavy atom. The van der Waals surface area contributed by atoms with Crippen molar-refractivity contribution in [3.05, 3.63) is 30.5 Å². The van der Waals surface area contributed by atoms with Crippen LogP contribution in [0, 0.1) is 0 Å². The Labute approximate surface area is 135 Å². The second kappa shape index (κ2) is 8.04. The number of rotatable bonds is 7. The van der Waals surface area contributed by atoms with Crippen LogP contribution >= 0.6 is 0 Å². The molecule has 1 heterocycles. The summed E-state index contributed by atoms with van der Waals surface area (Å²) in [6.07, 6.45) is 1.68. The average molecular weight is 339 g/mol. The maximum absolute atomic E-state index is 12.4. The van der Waals surface area contributed by atoms with Gasteiger partial charge < -0.3 is 20.5 Å². The quantitative estimate of drug-likeness (QED) is 0.674. The molecule has 0 fully saturated rings. The topological polar surface area (TPSA) is 101 Å². The molecule has 0 aliphatic rings. The number of urea groups is 1. The molecule has 0 bridgehead atoms. The first-order chi connectivity index (χ1) is 11.5. The van der Waals surface area contributed by atoms with Gasteiger partial charge in [0.1, 0.15) is 5.52 Å². The number of hydrogen-bond donors (Lipinski definition) is 3. The first kappa shape index (κ1) is 17.4. The molecule has 0 radical (unpaired) electrons. The minimum Gasteiger partial charge on any atom is -0.481 e. The SMILES string of the molecule is O=C(O)CCCNC(=O)Nc1ccc(OC(F)F)c2ncccc12. The van der Waals surface area contributed by atoms with Crippen LogP contribution in [0.25, 0.3) is 10.9 Å². The summed E-state index contributed by atoms with van der Waals surface area (Å²) >= 11 is 0. The zero-order valence-electron chi connectivity index (χ0n) is 12.5. The van der Waals surface area contributed by atoms with E-state index >= 15 is 0 Å². The molecule has 24 heavy (non-hydrogen) atoms. The number of alkyl halides is 2. The van der Waals surface area contributed by atoms with E-state index in [1.54, 1.807) is 12.1 Å². The monoisotopic (exact) mass is 339 g/mol. The first-order valence-electron chi connectivity index (χ1n) is 7.06. The molecule has 0 aliphatic heterocycles. The first-order valence-corrected chi connectivity index (χ1v) is 7.06. The molecule has 0 atom stereocenters. The minimum atomic E-state index is -2.98. The van der Waals surface area contributed by atoms with Crippen LogP contribution in [-0.4, -0.2) is 35.2 Å². The van der Waals surface area contributed by atoms with Gasteiger partial charge in [0, 0.05) is 24.5 Å². The number of carbonyl (C=O) groups is 2. The molecule has 7 nitrogen and oxygen atoms in total. The van der Waals surface area contributed by atoms with Gasteiger partial charge >= 0.3 is 18.6 Å². The minimum absolute atomic E-state index is 0.0488. The molecule has 0 saturated carbocycles. The van der Waals surface area contributed by atoms with Crippen molar-refractivity contribution in [1.82, 2.24) is 10.3 Å². The Kier molecular flexibility index (Phi) is 5.83. The highest BCUT2D eigenvalue weighted by Gasteiger charge is 2.13. The molecule has 0 unspecified atom stereocenters. The van der Waals surface area contributed by atoms with E-state index in [2.05, 4.69) is 20.4 Å². The standard InChI is InChI=1S/C15H15F2N3O4/c16-14(17)24-11-6-5-10(9-3-1-7-18-13(9)11)20-15(23)19-8-2-4-12(21)22/h1,3,5-7,14H,2,4,8H2,(H,21,22)(H2,19,20,23). The number of aliphatic carboxylic acids is 1. The van der Waals surface area contributed by atoms with Crippen LogP contribution in [0.5, 0.6) is 5.75 Å². The molecule has 2 rings (SSSR count). The normalized spacial score (nSPS) is 10.6. The van der Waals surface area contributed by atoms with Crippen LogP contribution < -0.4 is 15.4 Å². The van der Waals surface area contributed by atoms with Crippen LogP contribution in [0.2, 0.25) is 0 Å². The number of ether oxygens (including phenoxy) is 1. The number of nitrogens with one attached hydrogen (secondary N) is 2. The molecule has 2 aromatic rings. The third-order valence-corrected chi connectivity index (χ3v) is 3.05. The number of nitrogens with zero attached hydrogens (tertiary/aromatic N) is 1. The van der Waals surface area contributed by atoms with Crippen LogP contribution in [0.15, 0.2) is 30.5 Å². The summed E-state index contributed by atoms with van der Waals surface area (Å²) in [4.78, 5) is 26.2. The van der Waals surface area contributed by atoms with Crippen molar-refractivity contribution in [3.8, 4) is 5.75 Å². The lowest BCUT2D eigenvalue weighted by Gasteiger charge is -2.12. The predicted molar refractivity (Wildman–Crippen MR) is 82.3 cm³/mol. The molecular weight excluding hydrogens is 324 g/mol. The van der Waals surface area contributed by atoms with E-state index in [0.717, 1.165) is 0 Å². The highest BCUT2D eigenvalue weighted by Crippen LogP contribution is 2.30. The highest BCUT2D eigenvalue weighted by molar-refractivity contribution is 6.02. The molecule has 0 aliphatic carbocycles. The van der Waals surface area contributed by atoms with Crippen molar-refractivity contribution in [1.29, 1.82) is 0 Å². The van der Waals surface area contributed by atoms with Gasteiger partial charge in [-0.1, -0.05) is 0 Å². The number of carboxylic acids is 1. The van der Waals surface area contributed by atoms with Crippen molar-refractivity contribution in [3.63, 3.8) is 0 Å². The lowest BCUT2D eigenvalue weighted by atomic mass is 10.1. The third kappa shape index (κ3) is 4.77. The summed E-state index contributed by atoms with van der Waals surface area (Å²) < 4.78 is 29.2. The molecule has 1 aromatic heterocycles. The second-order valence-corrected chi connectivity index (χ2v) is 4.77. The molecule has 2 amide bonds. The molecule has 128 valence electrons. The number of benzene rings is 1. The number of amides is 2. The van der Waals surface area contributed by atoms with Crippen molar-refractivity contribution in [2.45, 2.75) is 19.5 Å². The maximum atomic E-state index is 12.4. The fourth-order valence-electron chi connectivity index (χ4n) is 2.05. The Hall–Kier alpha value is -2.97. The average Bonchev–Trinajstić information content (AvgIpc) is 2.53. The number of carboxylic acid groups (broad SMARTS) is 1.